The molecule has 1 saturated carbocycles. The number of hydrogen-bond donors (Lipinski definition) is 2. The quantitative estimate of drug-likeness (QED) is 0.891. The molecule has 1 heterocycles. The van der Waals surface area contributed by atoms with Crippen LogP contribution in [0.25, 0.3) is 0 Å². The summed E-state index contributed by atoms with van der Waals surface area (Å²) >= 11 is 0. The number of carbonyl (C=O) groups is 1. The molecule has 1 aliphatic carbocycles. The Labute approximate surface area is 140 Å². The molecular formula is C18H24F2N2O2. The van der Waals surface area contributed by atoms with Crippen molar-refractivity contribution in [1.29, 1.82) is 0 Å². The number of fused-ring (bicyclic) bond motifs is 1. The van der Waals surface area contributed by atoms with Gasteiger partial charge in [0.25, 0.3) is 0 Å². The number of hydrogen-bond acceptors (Lipinski definition) is 3. The van der Waals surface area contributed by atoms with Gasteiger partial charge in [0, 0.05) is 23.5 Å². The third kappa shape index (κ3) is 2.27. The highest BCUT2D eigenvalue weighted by atomic mass is 19.1. The summed E-state index contributed by atoms with van der Waals surface area (Å²) in [5.41, 5.74) is 4.72. The number of benzene rings is 1. The maximum Gasteiger partial charge on any atom is 0.241 e. The van der Waals surface area contributed by atoms with Crippen LogP contribution in [0.4, 0.5) is 8.78 Å². The van der Waals surface area contributed by atoms with Crippen molar-refractivity contribution >= 4 is 5.91 Å². The van der Waals surface area contributed by atoms with Gasteiger partial charge in [-0.15, -0.1) is 0 Å². The van der Waals surface area contributed by atoms with Crippen molar-refractivity contribution in [2.75, 3.05) is 6.61 Å². The van der Waals surface area contributed by atoms with Crippen molar-refractivity contribution in [3.05, 3.63) is 35.4 Å². The number of rotatable bonds is 3. The van der Waals surface area contributed by atoms with E-state index in [0.29, 0.717) is 6.61 Å². The van der Waals surface area contributed by atoms with Gasteiger partial charge in [0.05, 0.1) is 12.1 Å². The predicted molar refractivity (Wildman–Crippen MR) is 86.1 cm³/mol. The van der Waals surface area contributed by atoms with Crippen LogP contribution < -0.4 is 11.1 Å². The molecule has 0 radical (unpaired) electrons. The highest BCUT2D eigenvalue weighted by molar-refractivity contribution is 5.89. The second kappa shape index (κ2) is 5.77. The first-order valence-electron chi connectivity index (χ1n) is 8.36. The van der Waals surface area contributed by atoms with E-state index in [1.54, 1.807) is 6.92 Å². The summed E-state index contributed by atoms with van der Waals surface area (Å²) < 4.78 is 33.6. The van der Waals surface area contributed by atoms with Crippen LogP contribution in [0.15, 0.2) is 18.2 Å². The lowest BCUT2D eigenvalue weighted by molar-refractivity contribution is -0.225. The SMILES string of the molecule is CC(NC(=O)C1(N)C2CCCOC2C1(C)C)c1c(F)cccc1F. The fourth-order valence-electron chi connectivity index (χ4n) is 4.35. The average molecular weight is 338 g/mol. The highest BCUT2D eigenvalue weighted by Crippen LogP contribution is 2.57. The minimum absolute atomic E-state index is 0.0532. The van der Waals surface area contributed by atoms with Gasteiger partial charge in [-0.05, 0) is 31.9 Å². The summed E-state index contributed by atoms with van der Waals surface area (Å²) in [4.78, 5) is 12.9. The molecule has 2 aliphatic rings. The zero-order valence-electron chi connectivity index (χ0n) is 14.2. The van der Waals surface area contributed by atoms with E-state index >= 15 is 0 Å². The molecule has 0 aromatic heterocycles. The van der Waals surface area contributed by atoms with Gasteiger partial charge in [-0.3, -0.25) is 4.79 Å². The molecule has 24 heavy (non-hydrogen) atoms. The van der Waals surface area contributed by atoms with Crippen LogP contribution in [0.2, 0.25) is 0 Å². The fraction of sp³-hybridized carbons (Fsp3) is 0.611. The zero-order chi connectivity index (χ0) is 17.7. The Morgan fingerprint density at radius 2 is 2.00 bits per heavy atom. The molecule has 3 rings (SSSR count). The van der Waals surface area contributed by atoms with Gasteiger partial charge in [0.15, 0.2) is 0 Å². The number of nitrogens with one attached hydrogen (secondary N) is 1. The van der Waals surface area contributed by atoms with Crippen LogP contribution in [0.1, 0.15) is 45.2 Å². The van der Waals surface area contributed by atoms with Crippen LogP contribution in [0.5, 0.6) is 0 Å². The normalized spacial score (nSPS) is 32.4. The molecule has 1 aromatic rings. The zero-order valence-corrected chi connectivity index (χ0v) is 14.2. The molecule has 1 aromatic carbocycles. The maximum absolute atomic E-state index is 13.9. The molecule has 0 bridgehead atoms. The van der Waals surface area contributed by atoms with Crippen molar-refractivity contribution < 1.29 is 18.3 Å². The third-order valence-electron chi connectivity index (χ3n) is 5.84. The summed E-state index contributed by atoms with van der Waals surface area (Å²) in [6.07, 6.45) is 1.63. The maximum atomic E-state index is 13.9. The number of ether oxygens (including phenoxy) is 1. The molecule has 4 atom stereocenters. The van der Waals surface area contributed by atoms with E-state index in [9.17, 15) is 13.6 Å². The largest absolute Gasteiger partial charge is 0.377 e. The Bertz CT molecular complexity index is 644. The number of amides is 1. The Balaban J connectivity index is 1.82. The fourth-order valence-corrected chi connectivity index (χ4v) is 4.35. The van der Waals surface area contributed by atoms with Gasteiger partial charge in [0.1, 0.15) is 17.2 Å². The summed E-state index contributed by atoms with van der Waals surface area (Å²) in [6.45, 7) is 6.06. The van der Waals surface area contributed by atoms with E-state index in [2.05, 4.69) is 5.32 Å². The summed E-state index contributed by atoms with van der Waals surface area (Å²) in [6, 6.07) is 2.85. The van der Waals surface area contributed by atoms with Gasteiger partial charge < -0.3 is 15.8 Å². The topological polar surface area (TPSA) is 64.4 Å². The van der Waals surface area contributed by atoms with Crippen LogP contribution in [0, 0.1) is 23.0 Å². The van der Waals surface area contributed by atoms with Crippen LogP contribution in [-0.4, -0.2) is 24.2 Å². The monoisotopic (exact) mass is 338 g/mol. The van der Waals surface area contributed by atoms with Gasteiger partial charge in [-0.2, -0.15) is 0 Å². The number of halogens is 2. The molecule has 6 heteroatoms. The van der Waals surface area contributed by atoms with E-state index in [1.165, 1.54) is 18.2 Å². The Kier molecular flexibility index (Phi) is 4.16. The Morgan fingerprint density at radius 3 is 2.62 bits per heavy atom. The van der Waals surface area contributed by atoms with Gasteiger partial charge in [-0.1, -0.05) is 19.9 Å². The summed E-state index contributed by atoms with van der Waals surface area (Å²) in [5.74, 6) is -1.81. The molecule has 4 nitrogen and oxygen atoms in total. The van der Waals surface area contributed by atoms with Gasteiger partial charge in [0.2, 0.25) is 5.91 Å². The molecule has 1 amide bonds. The minimum Gasteiger partial charge on any atom is -0.377 e. The van der Waals surface area contributed by atoms with Crippen molar-refractivity contribution in [1.82, 2.24) is 5.32 Å². The summed E-state index contributed by atoms with van der Waals surface area (Å²) in [5, 5.41) is 2.71. The third-order valence-corrected chi connectivity index (χ3v) is 5.84. The van der Waals surface area contributed by atoms with E-state index in [1.807, 2.05) is 13.8 Å². The van der Waals surface area contributed by atoms with Crippen LogP contribution in [0.3, 0.4) is 0 Å². The second-order valence-electron chi connectivity index (χ2n) is 7.46. The second-order valence-corrected chi connectivity index (χ2v) is 7.46. The van der Waals surface area contributed by atoms with Crippen LogP contribution in [-0.2, 0) is 9.53 Å². The first-order chi connectivity index (χ1) is 11.2. The Morgan fingerprint density at radius 1 is 1.38 bits per heavy atom. The molecule has 3 N–H and O–H groups in total. The van der Waals surface area contributed by atoms with Gasteiger partial charge in [-0.25, -0.2) is 8.78 Å². The average Bonchev–Trinajstić information content (AvgIpc) is 2.53. The first kappa shape index (κ1) is 17.3. The smallest absolute Gasteiger partial charge is 0.241 e. The number of nitrogens with two attached hydrogens (primary N) is 1. The van der Waals surface area contributed by atoms with E-state index in [-0.39, 0.29) is 23.5 Å². The first-order valence-corrected chi connectivity index (χ1v) is 8.36. The Hall–Kier alpha value is -1.53. The number of carbonyl (C=O) groups excluding carboxylic acids is 1. The molecule has 4 unspecified atom stereocenters. The molecular weight excluding hydrogens is 314 g/mol. The van der Waals surface area contributed by atoms with Crippen molar-refractivity contribution in [3.8, 4) is 0 Å². The molecule has 2 fully saturated rings. The minimum atomic E-state index is -1.10. The lowest BCUT2D eigenvalue weighted by Crippen LogP contribution is -2.82. The lowest BCUT2D eigenvalue weighted by Gasteiger charge is -2.65. The van der Waals surface area contributed by atoms with E-state index < -0.39 is 28.6 Å². The summed E-state index contributed by atoms with van der Waals surface area (Å²) in [7, 11) is 0. The van der Waals surface area contributed by atoms with Gasteiger partial charge >= 0.3 is 0 Å². The standard InChI is InChI=1S/C18H24F2N2O2/c1-10(14-12(19)7-4-8-13(14)20)22-16(23)18(21)11-6-5-9-24-15(11)17(18,2)3/h4,7-8,10-11,15H,5-6,9,21H2,1-3H3,(H,22,23). The molecule has 0 spiro atoms. The lowest BCUT2D eigenvalue weighted by atomic mass is 9.46. The van der Waals surface area contributed by atoms with E-state index in [4.69, 9.17) is 10.5 Å². The van der Waals surface area contributed by atoms with Crippen molar-refractivity contribution in [2.24, 2.45) is 17.1 Å². The van der Waals surface area contributed by atoms with Crippen LogP contribution >= 0.6 is 0 Å². The van der Waals surface area contributed by atoms with Crippen molar-refractivity contribution in [3.63, 3.8) is 0 Å². The van der Waals surface area contributed by atoms with Crippen molar-refractivity contribution in [2.45, 2.75) is 51.3 Å². The molecule has 132 valence electrons. The molecule has 1 saturated heterocycles. The van der Waals surface area contributed by atoms with E-state index in [0.717, 1.165) is 12.8 Å². The molecule has 1 aliphatic heterocycles. The highest BCUT2D eigenvalue weighted by Gasteiger charge is 2.70. The predicted octanol–water partition coefficient (Wildman–Crippen LogP) is 2.67.